The van der Waals surface area contributed by atoms with Crippen LogP contribution in [0.3, 0.4) is 0 Å². The summed E-state index contributed by atoms with van der Waals surface area (Å²) < 4.78 is 50.9. The number of urea groups is 1. The van der Waals surface area contributed by atoms with Crippen LogP contribution in [0.4, 0.5) is 23.7 Å². The molecule has 2 aromatic carbocycles. The van der Waals surface area contributed by atoms with E-state index in [4.69, 9.17) is 14.7 Å². The van der Waals surface area contributed by atoms with E-state index in [2.05, 4.69) is 0 Å². The van der Waals surface area contributed by atoms with Crippen molar-refractivity contribution in [3.05, 3.63) is 53.1 Å². The number of hydrogen-bond donors (Lipinski definition) is 0. The van der Waals surface area contributed by atoms with Gasteiger partial charge in [-0.1, -0.05) is 6.07 Å². The van der Waals surface area contributed by atoms with E-state index in [9.17, 15) is 27.6 Å². The Hall–Kier alpha value is -4.27. The van der Waals surface area contributed by atoms with E-state index in [-0.39, 0.29) is 24.6 Å². The van der Waals surface area contributed by atoms with Crippen molar-refractivity contribution in [2.45, 2.75) is 37.1 Å². The number of benzene rings is 2. The topological polar surface area (TPSA) is 103 Å². The highest BCUT2D eigenvalue weighted by Gasteiger charge is 2.62. The van der Waals surface area contributed by atoms with Gasteiger partial charge in [0, 0.05) is 6.54 Å². The molecule has 3 fully saturated rings. The average Bonchev–Trinajstić information content (AvgIpc) is 3.54. The Bertz CT molecular complexity index is 1350. The van der Waals surface area contributed by atoms with E-state index in [0.717, 1.165) is 12.1 Å². The Kier molecular flexibility index (Phi) is 5.73. The van der Waals surface area contributed by atoms with Gasteiger partial charge in [-0.3, -0.25) is 9.59 Å². The summed E-state index contributed by atoms with van der Waals surface area (Å²) in [5, 5.41) is 9.04. The van der Waals surface area contributed by atoms with Gasteiger partial charge in [0.15, 0.2) is 11.5 Å². The number of methoxy groups -OCH3 is 2. The summed E-state index contributed by atoms with van der Waals surface area (Å²) in [7, 11) is 2.98. The van der Waals surface area contributed by atoms with Crippen LogP contribution in [0, 0.1) is 11.3 Å². The Morgan fingerprint density at radius 3 is 2.49 bits per heavy atom. The van der Waals surface area contributed by atoms with Crippen LogP contribution in [0.5, 0.6) is 11.5 Å². The van der Waals surface area contributed by atoms with Crippen LogP contribution in [-0.4, -0.2) is 66.5 Å². The molecule has 9 nitrogen and oxygen atoms in total. The minimum absolute atomic E-state index is 0.0344. The fourth-order valence-electron chi connectivity index (χ4n) is 5.45. The highest BCUT2D eigenvalue weighted by Crippen LogP contribution is 2.43. The summed E-state index contributed by atoms with van der Waals surface area (Å²) in [6.07, 6.45) is -4.39. The number of likely N-dealkylation sites (tertiary alicyclic amines) is 1. The van der Waals surface area contributed by atoms with Crippen LogP contribution >= 0.6 is 0 Å². The second-order valence-electron chi connectivity index (χ2n) is 9.02. The highest BCUT2D eigenvalue weighted by molar-refractivity contribution is 6.22. The lowest BCUT2D eigenvalue weighted by Crippen LogP contribution is -2.55. The molecule has 3 aliphatic rings. The van der Waals surface area contributed by atoms with Crippen LogP contribution in [0.15, 0.2) is 36.4 Å². The Labute approximate surface area is 209 Å². The van der Waals surface area contributed by atoms with Crippen molar-refractivity contribution in [3.8, 4) is 17.6 Å². The molecule has 4 amide bonds. The van der Waals surface area contributed by atoms with Crippen molar-refractivity contribution < 1.29 is 37.0 Å². The van der Waals surface area contributed by atoms with E-state index in [1.165, 1.54) is 25.2 Å². The van der Waals surface area contributed by atoms with Crippen molar-refractivity contribution in [3.63, 3.8) is 0 Å². The second-order valence-corrected chi connectivity index (χ2v) is 9.02. The van der Waals surface area contributed by atoms with Crippen molar-refractivity contribution in [1.29, 1.82) is 5.26 Å². The van der Waals surface area contributed by atoms with Crippen LogP contribution in [0.25, 0.3) is 0 Å². The molecule has 0 spiro atoms. The third kappa shape index (κ3) is 3.82. The van der Waals surface area contributed by atoms with Crippen LogP contribution < -0.4 is 14.4 Å². The number of fused-ring (bicyclic) bond motifs is 5. The molecular formula is C25H21F3N4O5. The third-order valence-corrected chi connectivity index (χ3v) is 7.08. The number of amides is 4. The number of carbonyl (C=O) groups is 3. The van der Waals surface area contributed by atoms with Gasteiger partial charge in [-0.25, -0.2) is 9.69 Å². The molecule has 5 rings (SSSR count). The molecule has 37 heavy (non-hydrogen) atoms. The maximum Gasteiger partial charge on any atom is 0.417 e. The maximum absolute atomic E-state index is 13.5. The number of piperazine rings is 1. The van der Waals surface area contributed by atoms with Crippen LogP contribution in [0.2, 0.25) is 0 Å². The smallest absolute Gasteiger partial charge is 0.417 e. The molecule has 0 aromatic heterocycles. The SMILES string of the molecule is COc1ccc(CC(=O)N2CC3CC2C2C(=O)N(c4ccc(C#N)c(C(F)(F)F)c4)C(=O)N32)cc1OC. The largest absolute Gasteiger partial charge is 0.493 e. The number of nitriles is 1. The predicted molar refractivity (Wildman–Crippen MR) is 122 cm³/mol. The van der Waals surface area contributed by atoms with Gasteiger partial charge in [-0.2, -0.15) is 18.4 Å². The second kappa shape index (κ2) is 8.69. The minimum Gasteiger partial charge on any atom is -0.493 e. The van der Waals surface area contributed by atoms with Crippen LogP contribution in [0.1, 0.15) is 23.1 Å². The first-order valence-electron chi connectivity index (χ1n) is 11.4. The first-order chi connectivity index (χ1) is 17.6. The van der Waals surface area contributed by atoms with Gasteiger partial charge in [0.1, 0.15) is 6.04 Å². The zero-order chi connectivity index (χ0) is 26.6. The van der Waals surface area contributed by atoms with E-state index >= 15 is 0 Å². The van der Waals surface area contributed by atoms with Gasteiger partial charge in [0.05, 0.1) is 55.6 Å². The number of hydrogen-bond acceptors (Lipinski definition) is 6. The number of anilines is 1. The number of alkyl halides is 3. The lowest BCUT2D eigenvalue weighted by Gasteiger charge is -2.35. The van der Waals surface area contributed by atoms with Crippen molar-refractivity contribution >= 4 is 23.5 Å². The molecule has 192 valence electrons. The summed E-state index contributed by atoms with van der Waals surface area (Å²) in [6.45, 7) is 0.224. The Morgan fingerprint density at radius 1 is 1.11 bits per heavy atom. The maximum atomic E-state index is 13.5. The minimum atomic E-state index is -4.84. The highest BCUT2D eigenvalue weighted by atomic mass is 19.4. The van der Waals surface area contributed by atoms with Gasteiger partial charge >= 0.3 is 12.2 Å². The zero-order valence-corrected chi connectivity index (χ0v) is 19.8. The van der Waals surface area contributed by atoms with Crippen molar-refractivity contribution in [1.82, 2.24) is 9.80 Å². The van der Waals surface area contributed by atoms with E-state index in [1.54, 1.807) is 23.1 Å². The van der Waals surface area contributed by atoms with E-state index in [1.807, 2.05) is 0 Å². The first-order valence-corrected chi connectivity index (χ1v) is 11.4. The zero-order valence-electron chi connectivity index (χ0n) is 19.8. The normalized spacial score (nSPS) is 22.4. The van der Waals surface area contributed by atoms with E-state index < -0.39 is 47.4 Å². The standard InChI is InChI=1S/C25H21F3N4O5/c1-36-19-6-3-13(7-20(19)37-2)8-21(33)30-12-16-10-18(30)22-23(34)32(24(35)31(16)22)15-5-4-14(11-29)17(9-15)25(26,27)28/h3-7,9,16,18,22H,8,10,12H2,1-2H3. The van der Waals surface area contributed by atoms with Gasteiger partial charge in [0.25, 0.3) is 5.91 Å². The fourth-order valence-corrected chi connectivity index (χ4v) is 5.45. The predicted octanol–water partition coefficient (Wildman–Crippen LogP) is 2.96. The molecule has 0 radical (unpaired) electrons. The molecule has 2 aromatic rings. The molecule has 3 aliphatic heterocycles. The summed E-state index contributed by atoms with van der Waals surface area (Å²) >= 11 is 0. The van der Waals surface area contributed by atoms with Crippen molar-refractivity contribution in [2.75, 3.05) is 25.7 Å². The van der Waals surface area contributed by atoms with Gasteiger partial charge in [-0.05, 0) is 42.3 Å². The average molecular weight is 514 g/mol. The molecular weight excluding hydrogens is 493 g/mol. The number of rotatable bonds is 5. The quantitative estimate of drug-likeness (QED) is 0.569. The Balaban J connectivity index is 1.38. The van der Waals surface area contributed by atoms with Gasteiger partial charge < -0.3 is 19.3 Å². The van der Waals surface area contributed by atoms with Crippen LogP contribution in [-0.2, 0) is 22.2 Å². The number of ether oxygens (including phenoxy) is 2. The molecule has 0 aliphatic carbocycles. The van der Waals surface area contributed by atoms with Crippen molar-refractivity contribution in [2.24, 2.45) is 0 Å². The molecule has 3 unspecified atom stereocenters. The monoisotopic (exact) mass is 514 g/mol. The molecule has 0 saturated carbocycles. The Morgan fingerprint density at radius 2 is 1.84 bits per heavy atom. The summed E-state index contributed by atoms with van der Waals surface area (Å²) in [4.78, 5) is 43.3. The molecule has 3 heterocycles. The summed E-state index contributed by atoms with van der Waals surface area (Å²) in [6, 6.07) is 6.59. The summed E-state index contributed by atoms with van der Waals surface area (Å²) in [5.41, 5.74) is -1.42. The molecule has 12 heteroatoms. The summed E-state index contributed by atoms with van der Waals surface area (Å²) in [5.74, 6) is 0.0470. The number of nitrogens with zero attached hydrogens (tertiary/aromatic N) is 4. The third-order valence-electron chi connectivity index (χ3n) is 7.08. The molecule has 0 N–H and O–H groups in total. The van der Waals surface area contributed by atoms with E-state index in [0.29, 0.717) is 34.4 Å². The molecule has 3 saturated heterocycles. The number of halogens is 3. The molecule has 2 bridgehead atoms. The number of carbonyl (C=O) groups excluding carboxylic acids is 3. The lowest BCUT2D eigenvalue weighted by molar-refractivity contribution is -0.138. The fraction of sp³-hybridized carbons (Fsp3) is 0.360. The lowest BCUT2D eigenvalue weighted by atomic mass is 10.0. The molecule has 3 atom stereocenters. The van der Waals surface area contributed by atoms with Gasteiger partial charge in [-0.15, -0.1) is 0 Å². The number of imide groups is 1. The van der Waals surface area contributed by atoms with Gasteiger partial charge in [0.2, 0.25) is 5.91 Å². The first kappa shape index (κ1) is 24.4.